The van der Waals surface area contributed by atoms with Crippen molar-refractivity contribution < 1.29 is 18.8 Å². The Hall–Kier alpha value is -2.97. The van der Waals surface area contributed by atoms with Gasteiger partial charge in [-0.3, -0.25) is 9.78 Å². The van der Waals surface area contributed by atoms with Crippen molar-refractivity contribution in [1.29, 1.82) is 0 Å². The summed E-state index contributed by atoms with van der Waals surface area (Å²) in [6.45, 7) is 1.78. The highest BCUT2D eigenvalue weighted by Crippen LogP contribution is 2.29. The minimum atomic E-state index is -0.460. The van der Waals surface area contributed by atoms with Crippen molar-refractivity contribution in [1.82, 2.24) is 25.3 Å². The van der Waals surface area contributed by atoms with E-state index in [-0.39, 0.29) is 12.0 Å². The number of alkyl carbamates (subject to hydrolysis) is 1. The van der Waals surface area contributed by atoms with Gasteiger partial charge in [-0.2, -0.15) is 4.98 Å². The number of hydrogen-bond donors (Lipinski definition) is 1. The summed E-state index contributed by atoms with van der Waals surface area (Å²) in [5.74, 6) is 0.982. The molecular weight excluding hydrogens is 350 g/mol. The molecule has 0 saturated carbocycles. The van der Waals surface area contributed by atoms with Crippen molar-refractivity contribution >= 4 is 12.0 Å². The number of hydrogen-bond acceptors (Lipinski definition) is 7. The Morgan fingerprint density at radius 1 is 1.26 bits per heavy atom. The van der Waals surface area contributed by atoms with Gasteiger partial charge in [-0.15, -0.1) is 0 Å². The van der Waals surface area contributed by atoms with Crippen molar-refractivity contribution in [3.63, 3.8) is 0 Å². The first-order valence-corrected chi connectivity index (χ1v) is 9.11. The number of likely N-dealkylation sites (tertiary alicyclic amines) is 1. The average molecular weight is 371 g/mol. The van der Waals surface area contributed by atoms with Crippen LogP contribution in [0.3, 0.4) is 0 Å². The van der Waals surface area contributed by atoms with Gasteiger partial charge in [0, 0.05) is 50.3 Å². The molecule has 4 heterocycles. The number of amides is 2. The predicted molar refractivity (Wildman–Crippen MR) is 93.5 cm³/mol. The van der Waals surface area contributed by atoms with Gasteiger partial charge in [-0.05, 0) is 25.0 Å². The maximum absolute atomic E-state index is 12.6. The number of nitrogens with one attached hydrogen (secondary N) is 1. The van der Waals surface area contributed by atoms with E-state index in [2.05, 4.69) is 20.4 Å². The van der Waals surface area contributed by atoms with E-state index in [1.165, 1.54) is 0 Å². The topological polar surface area (TPSA) is 110 Å². The van der Waals surface area contributed by atoms with Gasteiger partial charge in [0.15, 0.2) is 0 Å². The molecule has 142 valence electrons. The second kappa shape index (κ2) is 7.34. The number of carbonyl (C=O) groups excluding carboxylic acids is 2. The van der Waals surface area contributed by atoms with Gasteiger partial charge in [-0.1, -0.05) is 5.16 Å². The Morgan fingerprint density at radius 3 is 2.89 bits per heavy atom. The molecule has 1 atom stereocenters. The van der Waals surface area contributed by atoms with Crippen LogP contribution in [0.2, 0.25) is 0 Å². The maximum atomic E-state index is 12.6. The molecule has 2 aromatic rings. The molecule has 9 heteroatoms. The Kier molecular flexibility index (Phi) is 4.74. The van der Waals surface area contributed by atoms with Crippen molar-refractivity contribution in [2.75, 3.05) is 19.6 Å². The molecule has 0 bridgehead atoms. The van der Waals surface area contributed by atoms with Crippen LogP contribution in [0.5, 0.6) is 0 Å². The molecule has 9 nitrogen and oxygen atoms in total. The Balaban J connectivity index is 1.31. The lowest BCUT2D eigenvalue weighted by Gasteiger charge is -2.24. The monoisotopic (exact) mass is 371 g/mol. The van der Waals surface area contributed by atoms with Gasteiger partial charge in [0.2, 0.25) is 17.6 Å². The molecule has 2 aliphatic heterocycles. The van der Waals surface area contributed by atoms with Gasteiger partial charge in [0.05, 0.1) is 6.54 Å². The quantitative estimate of drug-likeness (QED) is 0.868. The zero-order valence-electron chi connectivity index (χ0n) is 14.9. The molecule has 0 aromatic carbocycles. The van der Waals surface area contributed by atoms with Gasteiger partial charge in [0.1, 0.15) is 5.60 Å². The normalized spacial score (nSPS) is 22.4. The molecule has 2 aliphatic rings. The number of pyridine rings is 1. The van der Waals surface area contributed by atoms with Crippen LogP contribution in [-0.2, 0) is 16.0 Å². The van der Waals surface area contributed by atoms with Crippen molar-refractivity contribution in [2.24, 2.45) is 0 Å². The number of nitrogens with zero attached hydrogens (tertiary/aromatic N) is 4. The van der Waals surface area contributed by atoms with Crippen LogP contribution >= 0.6 is 0 Å². The second-order valence-corrected chi connectivity index (χ2v) is 6.91. The van der Waals surface area contributed by atoms with E-state index < -0.39 is 5.60 Å². The zero-order valence-corrected chi connectivity index (χ0v) is 14.9. The molecule has 2 amide bonds. The van der Waals surface area contributed by atoms with E-state index in [1.54, 1.807) is 24.5 Å². The number of carbonyl (C=O) groups is 2. The van der Waals surface area contributed by atoms with Crippen LogP contribution in [0, 0.1) is 0 Å². The summed E-state index contributed by atoms with van der Waals surface area (Å²) in [5, 5.41) is 6.67. The highest BCUT2D eigenvalue weighted by molar-refractivity contribution is 5.76. The first-order valence-electron chi connectivity index (χ1n) is 9.11. The molecule has 4 rings (SSSR count). The first kappa shape index (κ1) is 17.4. The lowest BCUT2D eigenvalue weighted by molar-refractivity contribution is -0.131. The predicted octanol–water partition coefficient (Wildman–Crippen LogP) is 1.56. The standard InChI is InChI=1S/C18H21N5O4/c24-15(23-10-1-6-18(7-11-23)12-20-17(25)26-18)3-2-14-21-16(22-27-14)13-4-8-19-9-5-13/h4-5,8-9H,1-3,6-7,10-12H2,(H,20,25). The second-order valence-electron chi connectivity index (χ2n) is 6.91. The van der Waals surface area contributed by atoms with E-state index in [0.29, 0.717) is 50.6 Å². The molecule has 2 saturated heterocycles. The summed E-state index contributed by atoms with van der Waals surface area (Å²) in [6, 6.07) is 3.61. The summed E-state index contributed by atoms with van der Waals surface area (Å²) in [4.78, 5) is 34.1. The fraction of sp³-hybridized carbons (Fsp3) is 0.500. The fourth-order valence-electron chi connectivity index (χ4n) is 3.54. The largest absolute Gasteiger partial charge is 0.441 e. The lowest BCUT2D eigenvalue weighted by Crippen LogP contribution is -2.36. The summed E-state index contributed by atoms with van der Waals surface area (Å²) in [7, 11) is 0. The number of ether oxygens (including phenoxy) is 1. The molecule has 1 spiro atoms. The van der Waals surface area contributed by atoms with Crippen LogP contribution in [0.15, 0.2) is 29.0 Å². The van der Waals surface area contributed by atoms with Crippen LogP contribution < -0.4 is 5.32 Å². The van der Waals surface area contributed by atoms with E-state index in [9.17, 15) is 9.59 Å². The SMILES string of the molecule is O=C1NCC2(CCCN(C(=O)CCc3nc(-c4ccncc4)no3)CC2)O1. The highest BCUT2D eigenvalue weighted by atomic mass is 16.6. The molecule has 1 unspecified atom stereocenters. The van der Waals surface area contributed by atoms with E-state index in [0.717, 1.165) is 18.4 Å². The third-order valence-electron chi connectivity index (χ3n) is 5.07. The van der Waals surface area contributed by atoms with Crippen molar-refractivity contribution in [3.05, 3.63) is 30.4 Å². The van der Waals surface area contributed by atoms with Gasteiger partial charge >= 0.3 is 6.09 Å². The highest BCUT2D eigenvalue weighted by Gasteiger charge is 2.41. The molecule has 2 fully saturated rings. The van der Waals surface area contributed by atoms with Gasteiger partial charge in [0.25, 0.3) is 0 Å². The molecule has 27 heavy (non-hydrogen) atoms. The summed E-state index contributed by atoms with van der Waals surface area (Å²) in [6.07, 6.45) is 5.91. The van der Waals surface area contributed by atoms with Crippen molar-refractivity contribution in [3.8, 4) is 11.4 Å². The van der Waals surface area contributed by atoms with Gasteiger partial charge in [-0.25, -0.2) is 4.79 Å². The number of rotatable bonds is 4. The molecular formula is C18H21N5O4. The minimum absolute atomic E-state index is 0.0491. The minimum Gasteiger partial charge on any atom is -0.441 e. The van der Waals surface area contributed by atoms with Crippen LogP contribution in [0.1, 0.15) is 31.6 Å². The van der Waals surface area contributed by atoms with Gasteiger partial charge < -0.3 is 19.5 Å². The average Bonchev–Trinajstić information content (AvgIpc) is 3.24. The molecule has 2 aromatic heterocycles. The van der Waals surface area contributed by atoms with E-state index in [1.807, 2.05) is 4.90 Å². The summed E-state index contributed by atoms with van der Waals surface area (Å²) >= 11 is 0. The van der Waals surface area contributed by atoms with E-state index in [4.69, 9.17) is 9.26 Å². The van der Waals surface area contributed by atoms with Crippen LogP contribution in [0.4, 0.5) is 4.79 Å². The number of aromatic nitrogens is 3. The Labute approximate surface area is 156 Å². The summed E-state index contributed by atoms with van der Waals surface area (Å²) in [5.41, 5.74) is 0.363. The van der Waals surface area contributed by atoms with E-state index >= 15 is 0 Å². The first-order chi connectivity index (χ1) is 13.1. The lowest BCUT2D eigenvalue weighted by atomic mass is 9.95. The Morgan fingerprint density at radius 2 is 2.11 bits per heavy atom. The molecule has 0 aliphatic carbocycles. The third kappa shape index (κ3) is 3.91. The molecule has 1 N–H and O–H groups in total. The molecule has 0 radical (unpaired) electrons. The number of aryl methyl sites for hydroxylation is 1. The summed E-state index contributed by atoms with van der Waals surface area (Å²) < 4.78 is 10.7. The fourth-order valence-corrected chi connectivity index (χ4v) is 3.54. The van der Waals surface area contributed by atoms with Crippen LogP contribution in [-0.4, -0.2) is 57.3 Å². The third-order valence-corrected chi connectivity index (χ3v) is 5.07. The Bertz CT molecular complexity index is 824. The van der Waals surface area contributed by atoms with Crippen molar-refractivity contribution in [2.45, 2.75) is 37.7 Å². The van der Waals surface area contributed by atoms with Crippen LogP contribution in [0.25, 0.3) is 11.4 Å². The zero-order chi connectivity index (χ0) is 18.7. The smallest absolute Gasteiger partial charge is 0.407 e. The maximum Gasteiger partial charge on any atom is 0.407 e.